The van der Waals surface area contributed by atoms with E-state index in [0.29, 0.717) is 23.1 Å². The lowest BCUT2D eigenvalue weighted by Gasteiger charge is -2.10. The average Bonchev–Trinajstić information content (AvgIpc) is 3.38. The van der Waals surface area contributed by atoms with Crippen LogP contribution in [0.3, 0.4) is 0 Å². The second-order valence-corrected chi connectivity index (χ2v) is 6.54. The second kappa shape index (κ2) is 7.11. The van der Waals surface area contributed by atoms with Gasteiger partial charge in [-0.05, 0) is 25.0 Å². The summed E-state index contributed by atoms with van der Waals surface area (Å²) in [5.74, 6) is -0.0821. The van der Waals surface area contributed by atoms with Crippen molar-refractivity contribution in [2.75, 3.05) is 5.32 Å². The minimum absolute atomic E-state index is 0.242. The van der Waals surface area contributed by atoms with Crippen molar-refractivity contribution in [1.82, 2.24) is 19.6 Å². The molecule has 0 atom stereocenters. The fourth-order valence-corrected chi connectivity index (χ4v) is 3.36. The summed E-state index contributed by atoms with van der Waals surface area (Å²) in [6.45, 7) is 0.242. The average molecular weight is 353 g/mol. The van der Waals surface area contributed by atoms with E-state index in [1.807, 2.05) is 10.9 Å². The highest BCUT2D eigenvalue weighted by Gasteiger charge is 2.19. The topological polar surface area (TPSA) is 64.7 Å². The van der Waals surface area contributed by atoms with Crippen LogP contribution < -0.4 is 5.32 Å². The summed E-state index contributed by atoms with van der Waals surface area (Å²) in [6.07, 6.45) is 8.08. The first-order valence-electron chi connectivity index (χ1n) is 8.82. The molecule has 1 saturated carbocycles. The molecule has 0 aliphatic heterocycles. The number of carbonyl (C=O) groups is 1. The zero-order chi connectivity index (χ0) is 17.9. The number of benzene rings is 1. The molecule has 134 valence electrons. The smallest absolute Gasteiger partial charge is 0.277 e. The van der Waals surface area contributed by atoms with Gasteiger partial charge in [0.1, 0.15) is 11.6 Å². The van der Waals surface area contributed by atoms with Gasteiger partial charge in [-0.3, -0.25) is 9.48 Å². The summed E-state index contributed by atoms with van der Waals surface area (Å²) >= 11 is 0. The Bertz CT molecular complexity index is 910. The Labute approximate surface area is 150 Å². The molecule has 1 amide bonds. The molecule has 2 heterocycles. The van der Waals surface area contributed by atoms with Crippen LogP contribution >= 0.6 is 0 Å². The van der Waals surface area contributed by atoms with Crippen molar-refractivity contribution in [3.05, 3.63) is 65.9 Å². The number of hydrogen-bond acceptors (Lipinski definition) is 3. The molecule has 1 N–H and O–H groups in total. The predicted octanol–water partition coefficient (Wildman–Crippen LogP) is 3.63. The van der Waals surface area contributed by atoms with E-state index in [2.05, 4.69) is 15.5 Å². The summed E-state index contributed by atoms with van der Waals surface area (Å²) in [5.41, 5.74) is 0.882. The first kappa shape index (κ1) is 16.5. The summed E-state index contributed by atoms with van der Waals surface area (Å²) in [5, 5.41) is 11.4. The van der Waals surface area contributed by atoms with Gasteiger partial charge < -0.3 is 5.32 Å². The van der Waals surface area contributed by atoms with Crippen molar-refractivity contribution in [3.8, 4) is 0 Å². The highest BCUT2D eigenvalue weighted by molar-refractivity contribution is 6.02. The minimum Gasteiger partial charge on any atom is -0.305 e. The SMILES string of the molecule is O=C(Nc1ccnn1Cc1ccccc1F)c1ccn(C2CCCC2)n1. The Morgan fingerprint density at radius 1 is 1.19 bits per heavy atom. The molecular formula is C19H20FN5O. The molecule has 1 aliphatic rings. The normalized spacial score (nSPS) is 14.7. The van der Waals surface area contributed by atoms with Crippen LogP contribution in [0, 0.1) is 5.82 Å². The largest absolute Gasteiger partial charge is 0.305 e. The van der Waals surface area contributed by atoms with Gasteiger partial charge in [0.25, 0.3) is 5.91 Å². The highest BCUT2D eigenvalue weighted by atomic mass is 19.1. The van der Waals surface area contributed by atoms with E-state index in [0.717, 1.165) is 12.8 Å². The van der Waals surface area contributed by atoms with Gasteiger partial charge >= 0.3 is 0 Å². The maximum atomic E-state index is 13.9. The molecule has 0 saturated heterocycles. The zero-order valence-electron chi connectivity index (χ0n) is 14.3. The quantitative estimate of drug-likeness (QED) is 0.762. The van der Waals surface area contributed by atoms with Crippen molar-refractivity contribution in [2.45, 2.75) is 38.3 Å². The Hall–Kier alpha value is -2.96. The first-order valence-corrected chi connectivity index (χ1v) is 8.82. The highest BCUT2D eigenvalue weighted by Crippen LogP contribution is 2.28. The Morgan fingerprint density at radius 3 is 2.81 bits per heavy atom. The fraction of sp³-hybridized carbons (Fsp3) is 0.316. The van der Waals surface area contributed by atoms with E-state index in [1.165, 1.54) is 18.9 Å². The van der Waals surface area contributed by atoms with Crippen LogP contribution in [-0.4, -0.2) is 25.5 Å². The van der Waals surface area contributed by atoms with Crippen LogP contribution in [-0.2, 0) is 6.54 Å². The van der Waals surface area contributed by atoms with Gasteiger partial charge in [-0.2, -0.15) is 10.2 Å². The zero-order valence-corrected chi connectivity index (χ0v) is 14.3. The maximum Gasteiger partial charge on any atom is 0.277 e. The molecule has 0 bridgehead atoms. The van der Waals surface area contributed by atoms with Gasteiger partial charge in [0, 0.05) is 17.8 Å². The van der Waals surface area contributed by atoms with Gasteiger partial charge in [0.2, 0.25) is 0 Å². The maximum absolute atomic E-state index is 13.9. The molecule has 0 unspecified atom stereocenters. The third-order valence-corrected chi connectivity index (χ3v) is 4.78. The first-order chi connectivity index (χ1) is 12.7. The summed E-state index contributed by atoms with van der Waals surface area (Å²) in [4.78, 5) is 12.5. The van der Waals surface area contributed by atoms with E-state index >= 15 is 0 Å². The number of nitrogens with zero attached hydrogens (tertiary/aromatic N) is 4. The third kappa shape index (κ3) is 3.37. The molecule has 0 spiro atoms. The van der Waals surface area contributed by atoms with E-state index in [-0.39, 0.29) is 18.3 Å². The summed E-state index contributed by atoms with van der Waals surface area (Å²) in [6, 6.07) is 10.3. The lowest BCUT2D eigenvalue weighted by Crippen LogP contribution is -2.17. The molecule has 4 rings (SSSR count). The van der Waals surface area contributed by atoms with Crippen molar-refractivity contribution < 1.29 is 9.18 Å². The number of anilines is 1. The molecule has 0 radical (unpaired) electrons. The molecule has 3 aromatic rings. The van der Waals surface area contributed by atoms with Crippen molar-refractivity contribution in [1.29, 1.82) is 0 Å². The molecule has 1 fully saturated rings. The summed E-state index contributed by atoms with van der Waals surface area (Å²) in [7, 11) is 0. The van der Waals surface area contributed by atoms with E-state index < -0.39 is 0 Å². The monoisotopic (exact) mass is 353 g/mol. The molecule has 2 aromatic heterocycles. The van der Waals surface area contributed by atoms with Gasteiger partial charge in [0.15, 0.2) is 5.69 Å². The number of halogens is 1. The third-order valence-electron chi connectivity index (χ3n) is 4.78. The molecular weight excluding hydrogens is 333 g/mol. The van der Waals surface area contributed by atoms with Crippen molar-refractivity contribution >= 4 is 11.7 Å². The number of rotatable bonds is 5. The fourth-order valence-electron chi connectivity index (χ4n) is 3.36. The molecule has 26 heavy (non-hydrogen) atoms. The minimum atomic E-state index is -0.296. The van der Waals surface area contributed by atoms with Crippen LogP contribution in [0.1, 0.15) is 47.8 Å². The number of aromatic nitrogens is 4. The number of nitrogens with one attached hydrogen (secondary N) is 1. The summed E-state index contributed by atoms with van der Waals surface area (Å²) < 4.78 is 17.3. The lowest BCUT2D eigenvalue weighted by atomic mass is 10.2. The van der Waals surface area contributed by atoms with Crippen LogP contribution in [0.15, 0.2) is 48.8 Å². The van der Waals surface area contributed by atoms with E-state index in [9.17, 15) is 9.18 Å². The molecule has 1 aliphatic carbocycles. The van der Waals surface area contributed by atoms with Gasteiger partial charge in [-0.25, -0.2) is 9.07 Å². The predicted molar refractivity (Wildman–Crippen MR) is 95.4 cm³/mol. The van der Waals surface area contributed by atoms with Gasteiger partial charge in [-0.15, -0.1) is 0 Å². The van der Waals surface area contributed by atoms with Crippen LogP contribution in [0.5, 0.6) is 0 Å². The molecule has 1 aromatic carbocycles. The second-order valence-electron chi connectivity index (χ2n) is 6.54. The van der Waals surface area contributed by atoms with Crippen LogP contribution in [0.2, 0.25) is 0 Å². The Kier molecular flexibility index (Phi) is 4.51. The number of hydrogen-bond donors (Lipinski definition) is 1. The number of carbonyl (C=O) groups excluding carboxylic acids is 1. The van der Waals surface area contributed by atoms with Crippen LogP contribution in [0.25, 0.3) is 0 Å². The van der Waals surface area contributed by atoms with E-state index in [4.69, 9.17) is 0 Å². The van der Waals surface area contributed by atoms with Crippen molar-refractivity contribution in [2.24, 2.45) is 0 Å². The Balaban J connectivity index is 1.47. The lowest BCUT2D eigenvalue weighted by molar-refractivity contribution is 0.102. The standard InChI is InChI=1S/C19H20FN5O/c20-16-8-4-1-5-14(16)13-25-18(9-11-21-25)22-19(26)17-10-12-24(23-17)15-6-2-3-7-15/h1,4-5,8-12,15H,2-3,6-7,13H2,(H,22,26). The Morgan fingerprint density at radius 2 is 2.00 bits per heavy atom. The molecule has 7 heteroatoms. The number of amides is 1. The van der Waals surface area contributed by atoms with Gasteiger partial charge in [-0.1, -0.05) is 31.0 Å². The van der Waals surface area contributed by atoms with Crippen molar-refractivity contribution in [3.63, 3.8) is 0 Å². The van der Waals surface area contributed by atoms with Crippen LogP contribution in [0.4, 0.5) is 10.2 Å². The van der Waals surface area contributed by atoms with Gasteiger partial charge in [0.05, 0.1) is 18.8 Å². The molecule has 6 nitrogen and oxygen atoms in total. The van der Waals surface area contributed by atoms with E-state index in [1.54, 1.807) is 41.2 Å².